The second kappa shape index (κ2) is 5.19. The van der Waals surface area contributed by atoms with E-state index >= 15 is 0 Å². The van der Waals surface area contributed by atoms with Crippen LogP contribution in [0.4, 0.5) is 0 Å². The second-order valence-corrected chi connectivity index (χ2v) is 5.13. The highest BCUT2D eigenvalue weighted by atomic mass is 32.1. The number of hydrogen-bond donors (Lipinski definition) is 1. The van der Waals surface area contributed by atoms with Gasteiger partial charge in [-0.15, -0.1) is 11.3 Å². The van der Waals surface area contributed by atoms with Crippen LogP contribution in [0.1, 0.15) is 26.4 Å². The zero-order chi connectivity index (χ0) is 13.1. The normalized spacial score (nSPS) is 11.0. The van der Waals surface area contributed by atoms with E-state index in [2.05, 4.69) is 0 Å². The number of ketones is 1. The van der Waals surface area contributed by atoms with Gasteiger partial charge in [0.05, 0.1) is 5.56 Å². The molecule has 1 aromatic heterocycles. The number of hydrogen-bond acceptors (Lipinski definition) is 3. The van der Waals surface area contributed by atoms with E-state index in [4.69, 9.17) is 0 Å². The lowest BCUT2D eigenvalue weighted by Gasteiger charge is -2.01. The number of phenolic OH excluding ortho intramolecular Hbond substituents is 1. The summed E-state index contributed by atoms with van der Waals surface area (Å²) in [4.78, 5) is 13.0. The molecule has 0 saturated carbocycles. The van der Waals surface area contributed by atoms with Crippen molar-refractivity contribution in [2.75, 3.05) is 0 Å². The molecule has 1 heterocycles. The molecule has 1 aromatic carbocycles. The minimum absolute atomic E-state index is 0.0261. The van der Waals surface area contributed by atoms with E-state index in [1.165, 1.54) is 6.08 Å². The third-order valence-corrected chi connectivity index (χ3v) is 3.69. The summed E-state index contributed by atoms with van der Waals surface area (Å²) in [7, 11) is 0. The third-order valence-electron chi connectivity index (χ3n) is 2.71. The SMILES string of the molecule is Cc1ccc(O)c(C(=O)C=Cc2sccc2C)c1. The maximum absolute atomic E-state index is 12.0. The van der Waals surface area contributed by atoms with E-state index in [1.54, 1.807) is 35.6 Å². The largest absolute Gasteiger partial charge is 0.507 e. The third kappa shape index (κ3) is 2.68. The fourth-order valence-corrected chi connectivity index (χ4v) is 2.46. The van der Waals surface area contributed by atoms with E-state index in [-0.39, 0.29) is 11.5 Å². The van der Waals surface area contributed by atoms with Gasteiger partial charge in [0, 0.05) is 4.88 Å². The molecule has 0 spiro atoms. The average Bonchev–Trinajstić information content (AvgIpc) is 2.75. The number of thiophene rings is 1. The maximum atomic E-state index is 12.0. The van der Waals surface area contributed by atoms with Crippen LogP contribution < -0.4 is 0 Å². The first-order chi connectivity index (χ1) is 8.58. The van der Waals surface area contributed by atoms with Gasteiger partial charge >= 0.3 is 0 Å². The van der Waals surface area contributed by atoms with Gasteiger partial charge in [0.25, 0.3) is 0 Å². The van der Waals surface area contributed by atoms with E-state index in [9.17, 15) is 9.90 Å². The molecular weight excluding hydrogens is 244 g/mol. The topological polar surface area (TPSA) is 37.3 Å². The van der Waals surface area contributed by atoms with Gasteiger partial charge in [0.2, 0.25) is 0 Å². The van der Waals surface area contributed by atoms with Gasteiger partial charge in [-0.05, 0) is 55.1 Å². The smallest absolute Gasteiger partial charge is 0.189 e. The summed E-state index contributed by atoms with van der Waals surface area (Å²) >= 11 is 1.59. The quantitative estimate of drug-likeness (QED) is 0.668. The molecule has 18 heavy (non-hydrogen) atoms. The molecule has 0 aliphatic heterocycles. The highest BCUT2D eigenvalue weighted by Gasteiger charge is 2.08. The van der Waals surface area contributed by atoms with Gasteiger partial charge in [0.15, 0.2) is 5.78 Å². The Morgan fingerprint density at radius 1 is 1.28 bits per heavy atom. The van der Waals surface area contributed by atoms with E-state index in [1.807, 2.05) is 25.3 Å². The Bertz CT molecular complexity index is 609. The molecule has 0 bridgehead atoms. The molecule has 3 heteroatoms. The number of carbonyl (C=O) groups is 1. The van der Waals surface area contributed by atoms with Crippen molar-refractivity contribution in [3.63, 3.8) is 0 Å². The summed E-state index contributed by atoms with van der Waals surface area (Å²) in [5.41, 5.74) is 2.45. The van der Waals surface area contributed by atoms with Gasteiger partial charge < -0.3 is 5.11 Å². The highest BCUT2D eigenvalue weighted by molar-refractivity contribution is 7.11. The highest BCUT2D eigenvalue weighted by Crippen LogP contribution is 2.21. The predicted molar refractivity (Wildman–Crippen MR) is 75.3 cm³/mol. The number of rotatable bonds is 3. The van der Waals surface area contributed by atoms with Crippen molar-refractivity contribution < 1.29 is 9.90 Å². The Morgan fingerprint density at radius 3 is 2.72 bits per heavy atom. The Morgan fingerprint density at radius 2 is 2.06 bits per heavy atom. The summed E-state index contributed by atoms with van der Waals surface area (Å²) in [6.07, 6.45) is 3.30. The maximum Gasteiger partial charge on any atom is 0.189 e. The fourth-order valence-electron chi connectivity index (χ4n) is 1.64. The standard InChI is InChI=1S/C15H14O2S/c1-10-3-4-13(16)12(9-10)14(17)5-6-15-11(2)7-8-18-15/h3-9,16H,1-2H3. The minimum atomic E-state index is -0.177. The van der Waals surface area contributed by atoms with Gasteiger partial charge in [-0.1, -0.05) is 11.6 Å². The fraction of sp³-hybridized carbons (Fsp3) is 0.133. The molecule has 0 radical (unpaired) electrons. The van der Waals surface area contributed by atoms with E-state index < -0.39 is 0 Å². The van der Waals surface area contributed by atoms with Crippen LogP contribution in [-0.4, -0.2) is 10.9 Å². The van der Waals surface area contributed by atoms with Gasteiger partial charge in [-0.3, -0.25) is 4.79 Å². The van der Waals surface area contributed by atoms with Crippen LogP contribution in [0.3, 0.4) is 0 Å². The summed E-state index contributed by atoms with van der Waals surface area (Å²) in [5, 5.41) is 11.7. The number of phenols is 1. The molecule has 2 nitrogen and oxygen atoms in total. The molecule has 92 valence electrons. The lowest BCUT2D eigenvalue weighted by atomic mass is 10.1. The Balaban J connectivity index is 2.25. The summed E-state index contributed by atoms with van der Waals surface area (Å²) in [6, 6.07) is 7.04. The van der Waals surface area contributed by atoms with Crippen LogP contribution in [0.5, 0.6) is 5.75 Å². The predicted octanol–water partition coefficient (Wildman–Crippen LogP) is 3.97. The second-order valence-electron chi connectivity index (χ2n) is 4.19. The molecule has 1 N–H and O–H groups in total. The lowest BCUT2D eigenvalue weighted by molar-refractivity contribution is 0.104. The summed E-state index contributed by atoms with van der Waals surface area (Å²) < 4.78 is 0. The monoisotopic (exact) mass is 258 g/mol. The van der Waals surface area contributed by atoms with Crippen molar-refractivity contribution in [3.05, 3.63) is 57.3 Å². The average molecular weight is 258 g/mol. The molecule has 0 fully saturated rings. The zero-order valence-electron chi connectivity index (χ0n) is 10.3. The van der Waals surface area contributed by atoms with Crippen LogP contribution in [0.2, 0.25) is 0 Å². The number of allylic oxidation sites excluding steroid dienone is 1. The van der Waals surface area contributed by atoms with Crippen molar-refractivity contribution in [2.45, 2.75) is 13.8 Å². The molecule has 2 aromatic rings. The van der Waals surface area contributed by atoms with Crippen molar-refractivity contribution in [1.82, 2.24) is 0 Å². The van der Waals surface area contributed by atoms with Crippen LogP contribution >= 0.6 is 11.3 Å². The molecule has 0 saturated heterocycles. The number of carbonyl (C=O) groups excluding carboxylic acids is 1. The zero-order valence-corrected chi connectivity index (χ0v) is 11.1. The number of aryl methyl sites for hydroxylation is 2. The van der Waals surface area contributed by atoms with Crippen molar-refractivity contribution in [2.24, 2.45) is 0 Å². The van der Waals surface area contributed by atoms with Crippen molar-refractivity contribution >= 4 is 23.2 Å². The molecule has 0 aliphatic carbocycles. The Kier molecular flexibility index (Phi) is 3.63. The lowest BCUT2D eigenvalue weighted by Crippen LogP contribution is -1.95. The van der Waals surface area contributed by atoms with Crippen molar-refractivity contribution in [3.8, 4) is 5.75 Å². The summed E-state index contributed by atoms with van der Waals surface area (Å²) in [6.45, 7) is 3.90. The molecular formula is C15H14O2S. The molecule has 2 rings (SSSR count). The van der Waals surface area contributed by atoms with Crippen LogP contribution in [0.15, 0.2) is 35.7 Å². The number of aromatic hydroxyl groups is 1. The Labute approximate surface area is 110 Å². The van der Waals surface area contributed by atoms with Gasteiger partial charge in [-0.2, -0.15) is 0 Å². The van der Waals surface area contributed by atoms with Gasteiger partial charge in [0.1, 0.15) is 5.75 Å². The minimum Gasteiger partial charge on any atom is -0.507 e. The Hall–Kier alpha value is -1.87. The number of benzene rings is 1. The molecule has 0 aliphatic rings. The van der Waals surface area contributed by atoms with Crippen molar-refractivity contribution in [1.29, 1.82) is 0 Å². The first-order valence-corrected chi connectivity index (χ1v) is 6.52. The molecule has 0 amide bonds. The van der Waals surface area contributed by atoms with Crippen LogP contribution in [-0.2, 0) is 0 Å². The first kappa shape index (κ1) is 12.6. The van der Waals surface area contributed by atoms with Crippen LogP contribution in [0, 0.1) is 13.8 Å². The molecule has 0 atom stereocenters. The van der Waals surface area contributed by atoms with E-state index in [0.29, 0.717) is 5.56 Å². The molecule has 0 unspecified atom stereocenters. The van der Waals surface area contributed by atoms with Gasteiger partial charge in [-0.25, -0.2) is 0 Å². The summed E-state index contributed by atoms with van der Waals surface area (Å²) in [5.74, 6) is -0.151. The van der Waals surface area contributed by atoms with E-state index in [0.717, 1.165) is 16.0 Å². The first-order valence-electron chi connectivity index (χ1n) is 5.64. The van der Waals surface area contributed by atoms with Crippen LogP contribution in [0.25, 0.3) is 6.08 Å².